The van der Waals surface area contributed by atoms with Crippen molar-refractivity contribution in [2.75, 3.05) is 27.3 Å². The average Bonchev–Trinajstić information content (AvgIpc) is 2.47. The minimum Gasteiger partial charge on any atom is -0.497 e. The summed E-state index contributed by atoms with van der Waals surface area (Å²) in [5, 5.41) is 8.71. The van der Waals surface area contributed by atoms with E-state index in [1.165, 1.54) is 12.0 Å². The summed E-state index contributed by atoms with van der Waals surface area (Å²) in [4.78, 5) is 24.4. The van der Waals surface area contributed by atoms with Crippen LogP contribution in [0.4, 0.5) is 0 Å². The zero-order valence-corrected chi connectivity index (χ0v) is 12.6. The highest BCUT2D eigenvalue weighted by Gasteiger charge is 2.16. The Morgan fingerprint density at radius 3 is 2.48 bits per heavy atom. The summed E-state index contributed by atoms with van der Waals surface area (Å²) >= 11 is 0. The molecule has 0 aliphatic carbocycles. The lowest BCUT2D eigenvalue weighted by molar-refractivity contribution is -0.138. The topological polar surface area (TPSA) is 76.1 Å². The van der Waals surface area contributed by atoms with Crippen LogP contribution in [0, 0.1) is 0 Å². The normalized spacial score (nSPS) is 10.0. The SMILES string of the molecule is CCN(CCC(=O)O)C(=O)Cc1cc(OC)ccc1OC. The molecule has 0 unspecified atom stereocenters. The molecule has 0 saturated carbocycles. The van der Waals surface area contributed by atoms with Gasteiger partial charge in [0.15, 0.2) is 0 Å². The summed E-state index contributed by atoms with van der Waals surface area (Å²) in [5.41, 5.74) is 0.718. The number of hydrogen-bond donors (Lipinski definition) is 1. The molecule has 0 bridgehead atoms. The van der Waals surface area contributed by atoms with Gasteiger partial charge in [0.25, 0.3) is 0 Å². The fourth-order valence-corrected chi connectivity index (χ4v) is 1.98. The Bertz CT molecular complexity index is 501. The number of carbonyl (C=O) groups is 2. The van der Waals surface area contributed by atoms with E-state index in [9.17, 15) is 9.59 Å². The number of amides is 1. The van der Waals surface area contributed by atoms with E-state index in [0.29, 0.717) is 18.0 Å². The van der Waals surface area contributed by atoms with E-state index < -0.39 is 5.97 Å². The lowest BCUT2D eigenvalue weighted by Crippen LogP contribution is -2.34. The van der Waals surface area contributed by atoms with Gasteiger partial charge in [0, 0.05) is 18.7 Å². The zero-order valence-electron chi connectivity index (χ0n) is 12.6. The molecule has 21 heavy (non-hydrogen) atoms. The molecule has 0 saturated heterocycles. The van der Waals surface area contributed by atoms with Crippen LogP contribution in [-0.2, 0) is 16.0 Å². The quantitative estimate of drug-likeness (QED) is 0.788. The van der Waals surface area contributed by atoms with Crippen LogP contribution in [-0.4, -0.2) is 49.2 Å². The van der Waals surface area contributed by atoms with Crippen molar-refractivity contribution in [2.45, 2.75) is 19.8 Å². The summed E-state index contributed by atoms with van der Waals surface area (Å²) in [5.74, 6) is 0.205. The van der Waals surface area contributed by atoms with Gasteiger partial charge >= 0.3 is 5.97 Å². The number of rotatable bonds is 8. The van der Waals surface area contributed by atoms with Gasteiger partial charge < -0.3 is 19.5 Å². The van der Waals surface area contributed by atoms with Gasteiger partial charge in [0.1, 0.15) is 11.5 Å². The van der Waals surface area contributed by atoms with Crippen LogP contribution in [0.25, 0.3) is 0 Å². The number of likely N-dealkylation sites (N-methyl/N-ethyl adjacent to an activating group) is 1. The van der Waals surface area contributed by atoms with Crippen LogP contribution < -0.4 is 9.47 Å². The number of carbonyl (C=O) groups excluding carboxylic acids is 1. The van der Waals surface area contributed by atoms with Gasteiger partial charge in [0.2, 0.25) is 5.91 Å². The maximum atomic E-state index is 12.3. The highest BCUT2D eigenvalue weighted by Crippen LogP contribution is 2.24. The minimum atomic E-state index is -0.916. The van der Waals surface area contributed by atoms with Crippen molar-refractivity contribution in [3.63, 3.8) is 0 Å². The Morgan fingerprint density at radius 1 is 1.24 bits per heavy atom. The van der Waals surface area contributed by atoms with Crippen molar-refractivity contribution in [3.8, 4) is 11.5 Å². The van der Waals surface area contributed by atoms with Crippen LogP contribution >= 0.6 is 0 Å². The third-order valence-corrected chi connectivity index (χ3v) is 3.16. The fourth-order valence-electron chi connectivity index (χ4n) is 1.98. The first kappa shape index (κ1) is 16.8. The molecule has 6 heteroatoms. The highest BCUT2D eigenvalue weighted by molar-refractivity contribution is 5.80. The number of nitrogens with zero attached hydrogens (tertiary/aromatic N) is 1. The van der Waals surface area contributed by atoms with Gasteiger partial charge in [-0.1, -0.05) is 0 Å². The smallest absolute Gasteiger partial charge is 0.305 e. The van der Waals surface area contributed by atoms with Gasteiger partial charge in [-0.15, -0.1) is 0 Å². The Kier molecular flexibility index (Phi) is 6.52. The summed E-state index contributed by atoms with van der Waals surface area (Å²) in [7, 11) is 3.09. The number of aliphatic carboxylic acids is 1. The van der Waals surface area contributed by atoms with E-state index in [1.807, 2.05) is 6.92 Å². The summed E-state index contributed by atoms with van der Waals surface area (Å²) in [6, 6.07) is 5.26. The van der Waals surface area contributed by atoms with Crippen molar-refractivity contribution in [1.29, 1.82) is 0 Å². The first-order valence-corrected chi connectivity index (χ1v) is 6.72. The molecule has 0 aromatic heterocycles. The molecule has 0 radical (unpaired) electrons. The maximum absolute atomic E-state index is 12.3. The third-order valence-electron chi connectivity index (χ3n) is 3.16. The summed E-state index contributed by atoms with van der Waals surface area (Å²) in [6.07, 6.45) is 0.0860. The van der Waals surface area contributed by atoms with E-state index in [-0.39, 0.29) is 25.3 Å². The molecular formula is C15H21NO5. The van der Waals surface area contributed by atoms with Crippen LogP contribution in [0.1, 0.15) is 18.9 Å². The molecule has 0 atom stereocenters. The number of carboxylic acids is 1. The molecule has 1 N–H and O–H groups in total. The Hall–Kier alpha value is -2.24. The van der Waals surface area contributed by atoms with Gasteiger partial charge in [-0.25, -0.2) is 0 Å². The van der Waals surface area contributed by atoms with Crippen molar-refractivity contribution in [2.24, 2.45) is 0 Å². The first-order valence-electron chi connectivity index (χ1n) is 6.72. The van der Waals surface area contributed by atoms with E-state index in [0.717, 1.165) is 5.56 Å². The minimum absolute atomic E-state index is 0.0607. The van der Waals surface area contributed by atoms with Gasteiger partial charge in [-0.2, -0.15) is 0 Å². The second kappa shape index (κ2) is 8.14. The van der Waals surface area contributed by atoms with Gasteiger partial charge in [-0.05, 0) is 25.1 Å². The van der Waals surface area contributed by atoms with Gasteiger partial charge in [-0.3, -0.25) is 9.59 Å². The van der Waals surface area contributed by atoms with Crippen molar-refractivity contribution >= 4 is 11.9 Å². The van der Waals surface area contributed by atoms with Crippen LogP contribution in [0.3, 0.4) is 0 Å². The zero-order chi connectivity index (χ0) is 15.8. The van der Waals surface area contributed by atoms with E-state index in [4.69, 9.17) is 14.6 Å². The third kappa shape index (κ3) is 4.98. The monoisotopic (exact) mass is 295 g/mol. The average molecular weight is 295 g/mol. The Balaban J connectivity index is 2.82. The molecule has 0 heterocycles. The molecule has 0 aliphatic heterocycles. The molecule has 1 aromatic carbocycles. The lowest BCUT2D eigenvalue weighted by atomic mass is 10.1. The fraction of sp³-hybridized carbons (Fsp3) is 0.467. The molecule has 6 nitrogen and oxygen atoms in total. The number of methoxy groups -OCH3 is 2. The Morgan fingerprint density at radius 2 is 1.95 bits per heavy atom. The molecule has 116 valence electrons. The van der Waals surface area contributed by atoms with Crippen molar-refractivity contribution in [1.82, 2.24) is 4.90 Å². The van der Waals surface area contributed by atoms with E-state index >= 15 is 0 Å². The van der Waals surface area contributed by atoms with Crippen LogP contribution in [0.5, 0.6) is 11.5 Å². The van der Waals surface area contributed by atoms with Crippen molar-refractivity contribution in [3.05, 3.63) is 23.8 Å². The molecule has 0 spiro atoms. The van der Waals surface area contributed by atoms with Gasteiger partial charge in [0.05, 0.1) is 27.1 Å². The number of benzene rings is 1. The van der Waals surface area contributed by atoms with E-state index in [1.54, 1.807) is 25.3 Å². The molecule has 1 rings (SSSR count). The molecule has 0 fully saturated rings. The molecule has 1 aromatic rings. The van der Waals surface area contributed by atoms with E-state index in [2.05, 4.69) is 0 Å². The Labute approximate surface area is 124 Å². The second-order valence-electron chi connectivity index (χ2n) is 4.47. The van der Waals surface area contributed by atoms with Crippen molar-refractivity contribution < 1.29 is 24.2 Å². The number of hydrogen-bond acceptors (Lipinski definition) is 4. The summed E-state index contributed by atoms with van der Waals surface area (Å²) < 4.78 is 10.4. The largest absolute Gasteiger partial charge is 0.497 e. The first-order chi connectivity index (χ1) is 10.0. The number of carboxylic acid groups (broad SMARTS) is 1. The maximum Gasteiger partial charge on any atom is 0.305 e. The standard InChI is InChI=1S/C15H21NO5/c1-4-16(8-7-15(18)19)14(17)10-11-9-12(20-2)5-6-13(11)21-3/h5-6,9H,4,7-8,10H2,1-3H3,(H,18,19). The molecular weight excluding hydrogens is 274 g/mol. The second-order valence-corrected chi connectivity index (χ2v) is 4.47. The molecule has 0 aliphatic rings. The number of ether oxygens (including phenoxy) is 2. The van der Waals surface area contributed by atoms with Crippen LogP contribution in [0.15, 0.2) is 18.2 Å². The predicted molar refractivity (Wildman–Crippen MR) is 77.8 cm³/mol. The predicted octanol–water partition coefficient (Wildman–Crippen LogP) is 1.57. The van der Waals surface area contributed by atoms with Crippen LogP contribution in [0.2, 0.25) is 0 Å². The molecule has 1 amide bonds. The lowest BCUT2D eigenvalue weighted by Gasteiger charge is -2.20. The highest BCUT2D eigenvalue weighted by atomic mass is 16.5. The summed E-state index contributed by atoms with van der Waals surface area (Å²) in [6.45, 7) is 2.50.